The molecule has 7 heteroatoms. The molecule has 178 valence electrons. The predicted molar refractivity (Wildman–Crippen MR) is 130 cm³/mol. The number of carbonyl (C=O) groups is 1. The number of aryl methyl sites for hydroxylation is 3. The Morgan fingerprint density at radius 1 is 1.00 bits per heavy atom. The molecule has 0 radical (unpaired) electrons. The van der Waals surface area contributed by atoms with Gasteiger partial charge in [-0.1, -0.05) is 54.1 Å². The molecule has 1 amide bonds. The van der Waals surface area contributed by atoms with Gasteiger partial charge in [-0.2, -0.15) is 4.31 Å². The number of hydrogen-bond donors (Lipinski definition) is 1. The monoisotopic (exact) mass is 480 g/mol. The molecule has 5 nitrogen and oxygen atoms in total. The Morgan fingerprint density at radius 3 is 2.35 bits per heavy atom. The summed E-state index contributed by atoms with van der Waals surface area (Å²) in [4.78, 5) is 13.5. The molecule has 1 aliphatic heterocycles. The van der Waals surface area contributed by atoms with Crippen molar-refractivity contribution in [1.82, 2.24) is 9.62 Å². The molecular weight excluding hydrogens is 451 g/mol. The topological polar surface area (TPSA) is 66.5 Å². The maximum absolute atomic E-state index is 13.9. The molecule has 1 aliphatic rings. The average Bonchev–Trinajstić information content (AvgIpc) is 2.77. The van der Waals surface area contributed by atoms with Crippen LogP contribution in [-0.2, 0) is 34.2 Å². The average molecular weight is 481 g/mol. The lowest BCUT2D eigenvalue weighted by molar-refractivity contribution is -0.125. The number of nitrogens with one attached hydrogen (secondary N) is 1. The molecule has 3 aromatic rings. The van der Waals surface area contributed by atoms with E-state index in [0.29, 0.717) is 24.0 Å². The summed E-state index contributed by atoms with van der Waals surface area (Å²) in [6.45, 7) is 5.93. The van der Waals surface area contributed by atoms with Gasteiger partial charge in [-0.3, -0.25) is 4.79 Å². The Kier molecular flexibility index (Phi) is 6.86. The van der Waals surface area contributed by atoms with E-state index < -0.39 is 16.1 Å². The second-order valence-electron chi connectivity index (χ2n) is 8.94. The van der Waals surface area contributed by atoms with E-state index >= 15 is 0 Å². The Balaban J connectivity index is 1.63. The van der Waals surface area contributed by atoms with E-state index in [0.717, 1.165) is 22.3 Å². The molecule has 3 aromatic carbocycles. The Hall–Kier alpha value is -3.03. The van der Waals surface area contributed by atoms with Gasteiger partial charge in [-0.05, 0) is 73.6 Å². The fourth-order valence-corrected chi connectivity index (χ4v) is 6.79. The standard InChI is InChI=1S/C27H29FN2O3S/c1-18-13-19(2)26(20(3)14-18)34(32,33)30-17-23-9-5-4-8-22(23)16-25(30)27(31)29-12-11-21-7-6-10-24(28)15-21/h4-10,13-15,25H,11-12,16-17H2,1-3H3,(H,29,31). The lowest BCUT2D eigenvalue weighted by Gasteiger charge is -2.35. The van der Waals surface area contributed by atoms with E-state index in [1.165, 1.54) is 16.4 Å². The van der Waals surface area contributed by atoms with E-state index in [1.54, 1.807) is 26.0 Å². The first-order chi connectivity index (χ1) is 16.2. The highest BCUT2D eigenvalue weighted by Gasteiger charge is 2.40. The van der Waals surface area contributed by atoms with Gasteiger partial charge < -0.3 is 5.32 Å². The van der Waals surface area contributed by atoms with Crippen molar-refractivity contribution in [3.8, 4) is 0 Å². The number of fused-ring (bicyclic) bond motifs is 1. The quantitative estimate of drug-likeness (QED) is 0.574. The maximum atomic E-state index is 13.9. The zero-order valence-electron chi connectivity index (χ0n) is 19.6. The largest absolute Gasteiger partial charge is 0.354 e. The zero-order valence-corrected chi connectivity index (χ0v) is 20.5. The first-order valence-corrected chi connectivity index (χ1v) is 12.8. The van der Waals surface area contributed by atoms with Crippen molar-refractivity contribution in [2.75, 3.05) is 6.54 Å². The molecule has 1 heterocycles. The first-order valence-electron chi connectivity index (χ1n) is 11.4. The van der Waals surface area contributed by atoms with E-state index in [2.05, 4.69) is 5.32 Å². The van der Waals surface area contributed by atoms with Gasteiger partial charge in [0.05, 0.1) is 4.90 Å². The van der Waals surface area contributed by atoms with Gasteiger partial charge >= 0.3 is 0 Å². The minimum atomic E-state index is -3.94. The molecule has 0 saturated carbocycles. The van der Waals surface area contributed by atoms with E-state index in [4.69, 9.17) is 0 Å². The van der Waals surface area contributed by atoms with Crippen molar-refractivity contribution in [1.29, 1.82) is 0 Å². The van der Waals surface area contributed by atoms with Gasteiger partial charge in [0.25, 0.3) is 0 Å². The van der Waals surface area contributed by atoms with Crippen LogP contribution in [0.5, 0.6) is 0 Å². The second kappa shape index (κ2) is 9.68. The van der Waals surface area contributed by atoms with Crippen LogP contribution in [0.4, 0.5) is 4.39 Å². The maximum Gasteiger partial charge on any atom is 0.244 e. The SMILES string of the molecule is Cc1cc(C)c(S(=O)(=O)N2Cc3ccccc3CC2C(=O)NCCc2cccc(F)c2)c(C)c1. The summed E-state index contributed by atoms with van der Waals surface area (Å²) < 4.78 is 42.6. The number of rotatable bonds is 6. The van der Waals surface area contributed by atoms with Crippen molar-refractivity contribution in [3.63, 3.8) is 0 Å². The molecule has 1 atom stereocenters. The van der Waals surface area contributed by atoms with Crippen LogP contribution >= 0.6 is 0 Å². The molecule has 0 aromatic heterocycles. The van der Waals surface area contributed by atoms with Gasteiger partial charge in [0.1, 0.15) is 11.9 Å². The lowest BCUT2D eigenvalue weighted by atomic mass is 9.95. The van der Waals surface area contributed by atoms with Gasteiger partial charge in [0.2, 0.25) is 15.9 Å². The number of benzene rings is 3. The van der Waals surface area contributed by atoms with Gasteiger partial charge in [0, 0.05) is 13.1 Å². The minimum absolute atomic E-state index is 0.132. The van der Waals surface area contributed by atoms with Crippen LogP contribution in [-0.4, -0.2) is 31.2 Å². The van der Waals surface area contributed by atoms with Gasteiger partial charge in [0.15, 0.2) is 0 Å². The number of sulfonamides is 1. The second-order valence-corrected chi connectivity index (χ2v) is 10.8. The lowest BCUT2D eigenvalue weighted by Crippen LogP contribution is -2.52. The fraction of sp³-hybridized carbons (Fsp3) is 0.296. The Bertz CT molecular complexity index is 1310. The minimum Gasteiger partial charge on any atom is -0.354 e. The van der Waals surface area contributed by atoms with Crippen LogP contribution in [0.1, 0.15) is 33.4 Å². The van der Waals surface area contributed by atoms with Crippen molar-refractivity contribution >= 4 is 15.9 Å². The van der Waals surface area contributed by atoms with Crippen LogP contribution in [0, 0.1) is 26.6 Å². The normalized spacial score (nSPS) is 16.2. The summed E-state index contributed by atoms with van der Waals surface area (Å²) in [5.74, 6) is -0.675. The highest BCUT2D eigenvalue weighted by molar-refractivity contribution is 7.89. The van der Waals surface area contributed by atoms with Crippen LogP contribution in [0.3, 0.4) is 0 Å². The summed E-state index contributed by atoms with van der Waals surface area (Å²) in [5, 5.41) is 2.88. The number of nitrogens with zero attached hydrogens (tertiary/aromatic N) is 1. The third-order valence-corrected chi connectivity index (χ3v) is 8.44. The summed E-state index contributed by atoms with van der Waals surface area (Å²) in [5.41, 5.74) is 4.96. The molecule has 0 aliphatic carbocycles. The molecule has 0 bridgehead atoms. The van der Waals surface area contributed by atoms with Crippen molar-refractivity contribution in [2.24, 2.45) is 0 Å². The van der Waals surface area contributed by atoms with E-state index in [-0.39, 0.29) is 29.7 Å². The molecule has 34 heavy (non-hydrogen) atoms. The highest BCUT2D eigenvalue weighted by Crippen LogP contribution is 2.32. The molecular formula is C27H29FN2O3S. The molecule has 0 spiro atoms. The number of hydrogen-bond acceptors (Lipinski definition) is 3. The summed E-state index contributed by atoms with van der Waals surface area (Å²) in [6.07, 6.45) is 0.751. The highest BCUT2D eigenvalue weighted by atomic mass is 32.2. The van der Waals surface area contributed by atoms with Crippen molar-refractivity contribution in [3.05, 3.63) is 99.9 Å². The fourth-order valence-electron chi connectivity index (χ4n) is 4.81. The Labute approximate surface area is 200 Å². The summed E-state index contributed by atoms with van der Waals surface area (Å²) in [6, 6.07) is 16.7. The van der Waals surface area contributed by atoms with Gasteiger partial charge in [-0.25, -0.2) is 12.8 Å². The van der Waals surface area contributed by atoms with Crippen LogP contribution < -0.4 is 5.32 Å². The van der Waals surface area contributed by atoms with Crippen molar-refractivity contribution in [2.45, 2.75) is 51.1 Å². The molecule has 0 fully saturated rings. The predicted octanol–water partition coefficient (Wildman–Crippen LogP) is 4.23. The smallest absolute Gasteiger partial charge is 0.244 e. The van der Waals surface area contributed by atoms with E-state index in [9.17, 15) is 17.6 Å². The van der Waals surface area contributed by atoms with Gasteiger partial charge in [-0.15, -0.1) is 0 Å². The zero-order chi connectivity index (χ0) is 24.5. The molecule has 4 rings (SSSR count). The van der Waals surface area contributed by atoms with E-state index in [1.807, 2.05) is 43.3 Å². The number of carbonyl (C=O) groups excluding carboxylic acids is 1. The van der Waals surface area contributed by atoms with Crippen molar-refractivity contribution < 1.29 is 17.6 Å². The summed E-state index contributed by atoms with van der Waals surface area (Å²) >= 11 is 0. The Morgan fingerprint density at radius 2 is 1.68 bits per heavy atom. The molecule has 1 N–H and O–H groups in total. The molecule has 0 saturated heterocycles. The van der Waals surface area contributed by atoms with Crippen LogP contribution in [0.15, 0.2) is 65.6 Å². The first kappa shape index (κ1) is 24.1. The van der Waals surface area contributed by atoms with Crippen LogP contribution in [0.25, 0.3) is 0 Å². The van der Waals surface area contributed by atoms with Crippen LogP contribution in [0.2, 0.25) is 0 Å². The number of halogens is 1. The number of amides is 1. The third kappa shape index (κ3) is 4.91. The third-order valence-electron chi connectivity index (χ3n) is 6.28. The molecule has 1 unspecified atom stereocenters. The summed E-state index contributed by atoms with van der Waals surface area (Å²) in [7, 11) is -3.94.